The molecule has 0 aromatic heterocycles. The topological polar surface area (TPSA) is 55.8 Å². The molecule has 1 aliphatic heterocycles. The Balaban J connectivity index is 1.82. The van der Waals surface area contributed by atoms with E-state index in [1.165, 1.54) is 18.2 Å². The molecule has 2 rings (SSSR count). The number of rotatable bonds is 3. The van der Waals surface area contributed by atoms with Crippen molar-refractivity contribution in [2.45, 2.75) is 82.0 Å². The Bertz CT molecular complexity index is 344. The van der Waals surface area contributed by atoms with E-state index in [9.17, 15) is 9.90 Å². The maximum atomic E-state index is 11.9. The fraction of sp³-hybridized carbons (Fsp3) is 0.933. The van der Waals surface area contributed by atoms with Crippen LogP contribution in [0.3, 0.4) is 0 Å². The van der Waals surface area contributed by atoms with Crippen molar-refractivity contribution >= 4 is 16.9 Å². The first-order valence-electron chi connectivity index (χ1n) is 7.51. The van der Waals surface area contributed by atoms with Gasteiger partial charge in [0.2, 0.25) is 0 Å². The second-order valence-electron chi connectivity index (χ2n) is 6.80. The zero-order valence-corrected chi connectivity index (χ0v) is 13.5. The van der Waals surface area contributed by atoms with Gasteiger partial charge in [-0.3, -0.25) is 4.79 Å². The van der Waals surface area contributed by atoms with E-state index < -0.39 is 11.9 Å². The van der Waals surface area contributed by atoms with Gasteiger partial charge in [-0.15, -0.1) is 0 Å². The number of aliphatic hydroxyl groups is 1. The summed E-state index contributed by atoms with van der Waals surface area (Å²) in [5.74, 6) is -0.482. The summed E-state index contributed by atoms with van der Waals surface area (Å²) in [5, 5.41) is 10.2. The lowest BCUT2D eigenvalue weighted by Crippen LogP contribution is -2.36. The summed E-state index contributed by atoms with van der Waals surface area (Å²) in [5.41, 5.74) is 0. The molecule has 1 aliphatic carbocycles. The quantitative estimate of drug-likeness (QED) is 0.869. The first kappa shape index (κ1) is 16.3. The highest BCUT2D eigenvalue weighted by Gasteiger charge is 2.44. The van der Waals surface area contributed by atoms with Crippen LogP contribution in [0.1, 0.15) is 59.3 Å². The molecule has 20 heavy (non-hydrogen) atoms. The minimum atomic E-state index is -0.765. The maximum Gasteiger partial charge on any atom is 0.192 e. The van der Waals surface area contributed by atoms with Gasteiger partial charge in [0.05, 0.1) is 12.7 Å². The van der Waals surface area contributed by atoms with Crippen molar-refractivity contribution in [3.63, 3.8) is 0 Å². The summed E-state index contributed by atoms with van der Waals surface area (Å²) >= 11 is 1.28. The van der Waals surface area contributed by atoms with Gasteiger partial charge >= 0.3 is 0 Å². The number of aliphatic hydroxyl groups excluding tert-OH is 1. The van der Waals surface area contributed by atoms with Crippen molar-refractivity contribution < 1.29 is 19.4 Å². The van der Waals surface area contributed by atoms with Crippen LogP contribution in [0.2, 0.25) is 0 Å². The van der Waals surface area contributed by atoms with Crippen molar-refractivity contribution in [1.29, 1.82) is 0 Å². The lowest BCUT2D eigenvalue weighted by Gasteiger charge is -2.32. The van der Waals surface area contributed by atoms with Crippen molar-refractivity contribution in [3.8, 4) is 0 Å². The van der Waals surface area contributed by atoms with Crippen molar-refractivity contribution in [2.75, 3.05) is 6.61 Å². The van der Waals surface area contributed by atoms with Gasteiger partial charge in [0.25, 0.3) is 0 Å². The highest BCUT2D eigenvalue weighted by Crippen LogP contribution is 2.39. The van der Waals surface area contributed by atoms with Crippen LogP contribution in [-0.2, 0) is 14.3 Å². The summed E-state index contributed by atoms with van der Waals surface area (Å²) in [7, 11) is 0. The van der Waals surface area contributed by atoms with Crippen LogP contribution in [0.5, 0.6) is 0 Å². The predicted molar refractivity (Wildman–Crippen MR) is 79.6 cm³/mol. The zero-order chi connectivity index (χ0) is 14.8. The van der Waals surface area contributed by atoms with Crippen LogP contribution in [0.4, 0.5) is 0 Å². The number of thioether (sulfide) groups is 1. The Labute approximate surface area is 125 Å². The molecule has 1 spiro atoms. The standard InChI is InChI=1S/C15H26O4S/c1-14(2,3)20-13(17)9-11(16)12-10-18-15(19-12)7-5-4-6-8-15/h11-12,16H,4-10H2,1-3H3/t11-,12-/m1/s1. The van der Waals surface area contributed by atoms with E-state index in [2.05, 4.69) is 0 Å². The third kappa shape index (κ3) is 4.45. The Hall–Kier alpha value is -0.100. The van der Waals surface area contributed by atoms with Crippen LogP contribution in [0, 0.1) is 0 Å². The average Bonchev–Trinajstić information content (AvgIpc) is 2.71. The molecule has 4 nitrogen and oxygen atoms in total. The molecular weight excluding hydrogens is 276 g/mol. The molecule has 1 saturated heterocycles. The molecule has 1 saturated carbocycles. The minimum Gasteiger partial charge on any atom is -0.390 e. The lowest BCUT2D eigenvalue weighted by atomic mass is 9.94. The van der Waals surface area contributed by atoms with Gasteiger partial charge in [0, 0.05) is 24.0 Å². The predicted octanol–water partition coefficient (Wildman–Crippen LogP) is 2.87. The van der Waals surface area contributed by atoms with E-state index >= 15 is 0 Å². The molecule has 1 heterocycles. The number of carbonyl (C=O) groups excluding carboxylic acids is 1. The normalized spacial score (nSPS) is 27.7. The third-order valence-corrected chi connectivity index (χ3v) is 4.72. The van der Waals surface area contributed by atoms with E-state index in [0.717, 1.165) is 25.7 Å². The second-order valence-corrected chi connectivity index (χ2v) is 8.68. The monoisotopic (exact) mass is 302 g/mol. The molecule has 0 bridgehead atoms. The molecule has 5 heteroatoms. The molecule has 0 aromatic rings. The molecule has 1 N–H and O–H groups in total. The van der Waals surface area contributed by atoms with Crippen LogP contribution in [0.25, 0.3) is 0 Å². The zero-order valence-electron chi connectivity index (χ0n) is 12.7. The van der Waals surface area contributed by atoms with Gasteiger partial charge in [0.1, 0.15) is 6.10 Å². The van der Waals surface area contributed by atoms with E-state index in [0.29, 0.717) is 6.61 Å². The molecule has 2 atom stereocenters. The van der Waals surface area contributed by atoms with Crippen molar-refractivity contribution in [3.05, 3.63) is 0 Å². The third-order valence-electron chi connectivity index (χ3n) is 3.72. The molecule has 2 fully saturated rings. The van der Waals surface area contributed by atoms with Crippen LogP contribution >= 0.6 is 11.8 Å². The summed E-state index contributed by atoms with van der Waals surface area (Å²) in [6.45, 7) is 6.38. The molecule has 0 radical (unpaired) electrons. The molecule has 0 unspecified atom stereocenters. The molecular formula is C15H26O4S. The SMILES string of the molecule is CC(C)(C)SC(=O)C[C@@H](O)[C@H]1COC2(CCCCC2)O1. The lowest BCUT2D eigenvalue weighted by molar-refractivity contribution is -0.195. The molecule has 0 aromatic carbocycles. The first-order chi connectivity index (χ1) is 9.30. The first-order valence-corrected chi connectivity index (χ1v) is 8.33. The Morgan fingerprint density at radius 3 is 2.60 bits per heavy atom. The van der Waals surface area contributed by atoms with Crippen LogP contribution in [0.15, 0.2) is 0 Å². The number of ether oxygens (including phenoxy) is 2. The minimum absolute atomic E-state index is 0.0122. The fourth-order valence-electron chi connectivity index (χ4n) is 2.81. The molecule has 0 amide bonds. The molecule has 116 valence electrons. The number of carbonyl (C=O) groups is 1. The van der Waals surface area contributed by atoms with Gasteiger partial charge in [-0.25, -0.2) is 0 Å². The highest BCUT2D eigenvalue weighted by atomic mass is 32.2. The summed E-state index contributed by atoms with van der Waals surface area (Å²) in [6, 6.07) is 0. The van der Waals surface area contributed by atoms with Gasteiger partial charge in [0.15, 0.2) is 10.9 Å². The van der Waals surface area contributed by atoms with Crippen molar-refractivity contribution in [1.82, 2.24) is 0 Å². The van der Waals surface area contributed by atoms with E-state index in [1.807, 2.05) is 20.8 Å². The largest absolute Gasteiger partial charge is 0.390 e. The Morgan fingerprint density at radius 2 is 2.00 bits per heavy atom. The van der Waals surface area contributed by atoms with Gasteiger partial charge in [-0.2, -0.15) is 0 Å². The molecule has 2 aliphatic rings. The summed E-state index contributed by atoms with van der Waals surface area (Å²) in [6.07, 6.45) is 4.26. The fourth-order valence-corrected chi connectivity index (χ4v) is 3.74. The summed E-state index contributed by atoms with van der Waals surface area (Å²) < 4.78 is 11.6. The Morgan fingerprint density at radius 1 is 1.35 bits per heavy atom. The van der Waals surface area contributed by atoms with Gasteiger partial charge in [-0.1, -0.05) is 39.0 Å². The van der Waals surface area contributed by atoms with Crippen LogP contribution in [-0.4, -0.2) is 39.6 Å². The number of hydrogen-bond acceptors (Lipinski definition) is 5. The second kappa shape index (κ2) is 6.34. The smallest absolute Gasteiger partial charge is 0.192 e. The highest BCUT2D eigenvalue weighted by molar-refractivity contribution is 8.14. The number of hydrogen-bond donors (Lipinski definition) is 1. The average molecular weight is 302 g/mol. The Kier molecular flexibility index (Phi) is 5.16. The van der Waals surface area contributed by atoms with Gasteiger partial charge in [-0.05, 0) is 12.8 Å². The summed E-state index contributed by atoms with van der Waals surface area (Å²) in [4.78, 5) is 11.9. The van der Waals surface area contributed by atoms with Crippen molar-refractivity contribution in [2.24, 2.45) is 0 Å². The van der Waals surface area contributed by atoms with E-state index in [4.69, 9.17) is 9.47 Å². The van der Waals surface area contributed by atoms with Crippen LogP contribution < -0.4 is 0 Å². The van der Waals surface area contributed by atoms with E-state index in [-0.39, 0.29) is 22.4 Å². The maximum absolute atomic E-state index is 11.9. The van der Waals surface area contributed by atoms with E-state index in [1.54, 1.807) is 0 Å². The van der Waals surface area contributed by atoms with Gasteiger partial charge < -0.3 is 14.6 Å².